The number of rotatable bonds is 8. The average molecular weight is 445 g/mol. The Hall–Kier alpha value is -0.860. The van der Waals surface area contributed by atoms with Gasteiger partial charge in [0.15, 0.2) is 5.96 Å². The monoisotopic (exact) mass is 445 g/mol. The first kappa shape index (κ1) is 21.2. The molecular formula is C18H32IN5. The van der Waals surface area contributed by atoms with E-state index in [1.54, 1.807) is 0 Å². The first-order valence-corrected chi connectivity index (χ1v) is 8.80. The number of halogens is 1. The fourth-order valence-corrected chi connectivity index (χ4v) is 2.82. The van der Waals surface area contributed by atoms with E-state index in [2.05, 4.69) is 57.4 Å². The summed E-state index contributed by atoms with van der Waals surface area (Å²) >= 11 is 0. The smallest absolute Gasteiger partial charge is 0.188 e. The summed E-state index contributed by atoms with van der Waals surface area (Å²) in [5, 5.41) is 3.19. The van der Waals surface area contributed by atoms with E-state index in [0.717, 1.165) is 65.2 Å². The fraction of sp³-hybridized carbons (Fsp3) is 0.611. The highest BCUT2D eigenvalue weighted by Crippen LogP contribution is 2.08. The van der Waals surface area contributed by atoms with Gasteiger partial charge in [-0.1, -0.05) is 37.3 Å². The molecule has 0 radical (unpaired) electrons. The molecule has 0 atom stereocenters. The molecule has 0 spiro atoms. The minimum absolute atomic E-state index is 0. The van der Waals surface area contributed by atoms with Crippen LogP contribution in [-0.2, 0) is 6.54 Å². The van der Waals surface area contributed by atoms with E-state index in [0.29, 0.717) is 5.96 Å². The highest BCUT2D eigenvalue weighted by molar-refractivity contribution is 14.0. The number of hydrogen-bond donors (Lipinski definition) is 2. The molecule has 0 aromatic heterocycles. The molecule has 1 aliphatic heterocycles. The number of nitrogens with zero attached hydrogens (tertiary/aromatic N) is 3. The Morgan fingerprint density at radius 1 is 1.12 bits per heavy atom. The van der Waals surface area contributed by atoms with Crippen LogP contribution in [0.15, 0.2) is 35.3 Å². The fourth-order valence-electron chi connectivity index (χ4n) is 2.82. The quantitative estimate of drug-likeness (QED) is 0.279. The van der Waals surface area contributed by atoms with Gasteiger partial charge in [-0.3, -0.25) is 9.89 Å². The first-order valence-electron chi connectivity index (χ1n) is 8.80. The second-order valence-electron chi connectivity index (χ2n) is 6.15. The lowest BCUT2D eigenvalue weighted by atomic mass is 10.2. The van der Waals surface area contributed by atoms with Crippen molar-refractivity contribution in [3.05, 3.63) is 35.9 Å². The molecule has 1 fully saturated rings. The summed E-state index contributed by atoms with van der Waals surface area (Å²) in [5.74, 6) is 0.583. The van der Waals surface area contributed by atoms with Crippen LogP contribution in [0.3, 0.4) is 0 Å². The molecule has 1 aliphatic rings. The van der Waals surface area contributed by atoms with Gasteiger partial charge in [-0.25, -0.2) is 0 Å². The van der Waals surface area contributed by atoms with Gasteiger partial charge >= 0.3 is 0 Å². The molecule has 0 unspecified atom stereocenters. The van der Waals surface area contributed by atoms with E-state index in [9.17, 15) is 0 Å². The lowest BCUT2D eigenvalue weighted by molar-refractivity contribution is 0.126. The molecule has 2 rings (SSSR count). The second-order valence-corrected chi connectivity index (χ2v) is 6.15. The van der Waals surface area contributed by atoms with Gasteiger partial charge in [-0.05, 0) is 24.9 Å². The Kier molecular flexibility index (Phi) is 11.0. The summed E-state index contributed by atoms with van der Waals surface area (Å²) in [4.78, 5) is 9.33. The summed E-state index contributed by atoms with van der Waals surface area (Å²) in [6.45, 7) is 10.6. The van der Waals surface area contributed by atoms with Crippen molar-refractivity contribution in [2.45, 2.75) is 26.3 Å². The Balaban J connectivity index is 0.00000288. The van der Waals surface area contributed by atoms with E-state index in [-0.39, 0.29) is 24.0 Å². The number of hydrogen-bond acceptors (Lipinski definition) is 3. The van der Waals surface area contributed by atoms with Crippen molar-refractivity contribution in [1.29, 1.82) is 0 Å². The molecule has 6 heteroatoms. The van der Waals surface area contributed by atoms with Gasteiger partial charge in [0.25, 0.3) is 0 Å². The molecule has 5 nitrogen and oxygen atoms in total. The number of nitrogens with one attached hydrogen (secondary N) is 1. The third-order valence-electron chi connectivity index (χ3n) is 4.18. The van der Waals surface area contributed by atoms with Gasteiger partial charge in [-0.2, -0.15) is 0 Å². The number of guanidine groups is 1. The molecule has 0 aliphatic carbocycles. The Bertz CT molecular complexity index is 458. The molecule has 1 heterocycles. The zero-order valence-corrected chi connectivity index (χ0v) is 17.1. The standard InChI is InChI=1S/C18H31N5.HI/c1-2-9-20-18(19)21-10-6-11-22-12-14-23(15-13-22)16-17-7-4-3-5-8-17;/h3-5,7-8H,2,6,9-16H2,1H3,(H3,19,20,21);1H. The molecule has 136 valence electrons. The number of nitrogens with two attached hydrogens (primary N) is 1. The Morgan fingerprint density at radius 2 is 1.79 bits per heavy atom. The van der Waals surface area contributed by atoms with Crippen molar-refractivity contribution in [2.24, 2.45) is 10.7 Å². The molecule has 0 amide bonds. The maximum absolute atomic E-state index is 5.79. The minimum Gasteiger partial charge on any atom is -0.370 e. The number of aliphatic imine (C=N–C) groups is 1. The van der Waals surface area contributed by atoms with Gasteiger partial charge in [0.2, 0.25) is 0 Å². The van der Waals surface area contributed by atoms with Crippen LogP contribution in [0.4, 0.5) is 0 Å². The topological polar surface area (TPSA) is 56.9 Å². The van der Waals surface area contributed by atoms with Gasteiger partial charge < -0.3 is 16.0 Å². The summed E-state index contributed by atoms with van der Waals surface area (Å²) < 4.78 is 0. The second kappa shape index (κ2) is 12.5. The van der Waals surface area contributed by atoms with Gasteiger partial charge in [0.05, 0.1) is 0 Å². The van der Waals surface area contributed by atoms with Crippen LogP contribution in [0, 0.1) is 0 Å². The lowest BCUT2D eigenvalue weighted by Crippen LogP contribution is -2.46. The number of benzene rings is 1. The molecule has 24 heavy (non-hydrogen) atoms. The van der Waals surface area contributed by atoms with E-state index in [4.69, 9.17) is 5.73 Å². The third kappa shape index (κ3) is 8.30. The van der Waals surface area contributed by atoms with Crippen molar-refractivity contribution in [1.82, 2.24) is 15.1 Å². The highest BCUT2D eigenvalue weighted by atomic mass is 127. The van der Waals surface area contributed by atoms with Gasteiger partial charge in [0, 0.05) is 45.8 Å². The summed E-state index contributed by atoms with van der Waals surface area (Å²) in [6.07, 6.45) is 2.15. The normalized spacial score (nSPS) is 16.6. The molecule has 1 aromatic carbocycles. The zero-order chi connectivity index (χ0) is 16.3. The molecule has 3 N–H and O–H groups in total. The summed E-state index contributed by atoms with van der Waals surface area (Å²) in [6, 6.07) is 10.7. The molecule has 1 aromatic rings. The minimum atomic E-state index is 0. The largest absolute Gasteiger partial charge is 0.370 e. The Labute approximate surface area is 163 Å². The lowest BCUT2D eigenvalue weighted by Gasteiger charge is -2.34. The molecule has 1 saturated heterocycles. The summed E-state index contributed by atoms with van der Waals surface area (Å²) in [5.41, 5.74) is 7.20. The SMILES string of the molecule is CCCN=C(N)NCCCN1CCN(Cc2ccccc2)CC1.I. The van der Waals surface area contributed by atoms with Crippen molar-refractivity contribution in [3.8, 4) is 0 Å². The van der Waals surface area contributed by atoms with Crippen LogP contribution in [0.2, 0.25) is 0 Å². The highest BCUT2D eigenvalue weighted by Gasteiger charge is 2.16. The average Bonchev–Trinajstić information content (AvgIpc) is 2.59. The van der Waals surface area contributed by atoms with E-state index < -0.39 is 0 Å². The van der Waals surface area contributed by atoms with Crippen LogP contribution in [0.1, 0.15) is 25.3 Å². The van der Waals surface area contributed by atoms with Crippen LogP contribution in [-0.4, -0.2) is 61.6 Å². The van der Waals surface area contributed by atoms with Crippen molar-refractivity contribution in [2.75, 3.05) is 45.8 Å². The van der Waals surface area contributed by atoms with Crippen molar-refractivity contribution < 1.29 is 0 Å². The van der Waals surface area contributed by atoms with E-state index >= 15 is 0 Å². The Morgan fingerprint density at radius 3 is 2.46 bits per heavy atom. The van der Waals surface area contributed by atoms with Gasteiger partial charge in [0.1, 0.15) is 0 Å². The molecular weight excluding hydrogens is 413 g/mol. The first-order chi connectivity index (χ1) is 11.3. The third-order valence-corrected chi connectivity index (χ3v) is 4.18. The predicted octanol–water partition coefficient (Wildman–Crippen LogP) is 2.13. The van der Waals surface area contributed by atoms with E-state index in [1.807, 2.05) is 0 Å². The zero-order valence-electron chi connectivity index (χ0n) is 14.8. The van der Waals surface area contributed by atoms with Crippen LogP contribution in [0.25, 0.3) is 0 Å². The maximum Gasteiger partial charge on any atom is 0.188 e. The summed E-state index contributed by atoms with van der Waals surface area (Å²) in [7, 11) is 0. The van der Waals surface area contributed by atoms with Crippen LogP contribution < -0.4 is 11.1 Å². The van der Waals surface area contributed by atoms with Crippen molar-refractivity contribution in [3.63, 3.8) is 0 Å². The van der Waals surface area contributed by atoms with Crippen LogP contribution >= 0.6 is 24.0 Å². The van der Waals surface area contributed by atoms with Crippen LogP contribution in [0.5, 0.6) is 0 Å². The maximum atomic E-state index is 5.79. The molecule has 0 bridgehead atoms. The molecule has 0 saturated carbocycles. The van der Waals surface area contributed by atoms with Crippen molar-refractivity contribution >= 4 is 29.9 Å². The van der Waals surface area contributed by atoms with E-state index in [1.165, 1.54) is 5.56 Å². The number of piperazine rings is 1. The predicted molar refractivity (Wildman–Crippen MR) is 113 cm³/mol. The van der Waals surface area contributed by atoms with Gasteiger partial charge in [-0.15, -0.1) is 24.0 Å².